The van der Waals surface area contributed by atoms with Gasteiger partial charge in [0.25, 0.3) is 5.91 Å². The van der Waals surface area contributed by atoms with E-state index >= 15 is 0 Å². The number of carbonyl (C=O) groups excluding carboxylic acids is 1. The van der Waals surface area contributed by atoms with Crippen molar-refractivity contribution >= 4 is 5.91 Å². The number of aliphatic hydroxyl groups is 1. The van der Waals surface area contributed by atoms with Crippen LogP contribution in [0.3, 0.4) is 0 Å². The summed E-state index contributed by atoms with van der Waals surface area (Å²) in [5.74, 6) is 0.700. The molecule has 0 radical (unpaired) electrons. The lowest BCUT2D eigenvalue weighted by Gasteiger charge is -2.36. The molecule has 3 heterocycles. The molecule has 1 N–H and O–H groups in total. The number of nitrogens with zero attached hydrogens (tertiary/aromatic N) is 3. The Kier molecular flexibility index (Phi) is 3.72. The molecule has 1 atom stereocenters. The van der Waals surface area contributed by atoms with Crippen LogP contribution in [0.15, 0.2) is 18.2 Å². The lowest BCUT2D eigenvalue weighted by molar-refractivity contribution is 0.0757. The first-order valence-electron chi connectivity index (χ1n) is 7.27. The standard InChI is InChI=1S/C15H21N3O2/c1-11-7-17(8-11)9-12-3-2-4-14(16-12)15(20)18-6-5-13(19)10-18/h2-4,11,13,19H,5-10H2,1H3. The molecule has 2 saturated heterocycles. The predicted molar refractivity (Wildman–Crippen MR) is 75.2 cm³/mol. The Labute approximate surface area is 119 Å². The van der Waals surface area contributed by atoms with Crippen molar-refractivity contribution in [3.8, 4) is 0 Å². The quantitative estimate of drug-likeness (QED) is 0.884. The molecule has 0 spiro atoms. The van der Waals surface area contributed by atoms with Crippen molar-refractivity contribution in [2.24, 2.45) is 5.92 Å². The van der Waals surface area contributed by atoms with Crippen LogP contribution in [0.5, 0.6) is 0 Å². The summed E-state index contributed by atoms with van der Waals surface area (Å²) in [6.45, 7) is 6.32. The molecule has 1 amide bonds. The molecular weight excluding hydrogens is 254 g/mol. The molecule has 0 saturated carbocycles. The highest BCUT2D eigenvalue weighted by molar-refractivity contribution is 5.92. The van der Waals surface area contributed by atoms with Crippen molar-refractivity contribution < 1.29 is 9.90 Å². The zero-order valence-corrected chi connectivity index (χ0v) is 11.8. The lowest BCUT2D eigenvalue weighted by Crippen LogP contribution is -2.44. The van der Waals surface area contributed by atoms with E-state index in [1.54, 1.807) is 11.0 Å². The van der Waals surface area contributed by atoms with Crippen LogP contribution in [0.4, 0.5) is 0 Å². The minimum atomic E-state index is -0.385. The zero-order valence-electron chi connectivity index (χ0n) is 11.8. The van der Waals surface area contributed by atoms with Gasteiger partial charge in [-0.1, -0.05) is 13.0 Å². The normalized spacial score (nSPS) is 23.9. The summed E-state index contributed by atoms with van der Waals surface area (Å²) in [6, 6.07) is 5.62. The van der Waals surface area contributed by atoms with Crippen LogP contribution in [0.25, 0.3) is 0 Å². The van der Waals surface area contributed by atoms with Gasteiger partial charge in [-0.2, -0.15) is 0 Å². The highest BCUT2D eigenvalue weighted by Crippen LogP contribution is 2.17. The van der Waals surface area contributed by atoms with Crippen molar-refractivity contribution in [1.82, 2.24) is 14.8 Å². The van der Waals surface area contributed by atoms with Crippen molar-refractivity contribution in [3.05, 3.63) is 29.6 Å². The molecule has 0 bridgehead atoms. The lowest BCUT2D eigenvalue weighted by atomic mass is 10.0. The molecule has 5 heteroatoms. The van der Waals surface area contributed by atoms with E-state index in [2.05, 4.69) is 16.8 Å². The van der Waals surface area contributed by atoms with Gasteiger partial charge in [0.15, 0.2) is 0 Å². The van der Waals surface area contributed by atoms with Crippen molar-refractivity contribution in [1.29, 1.82) is 0 Å². The van der Waals surface area contributed by atoms with Gasteiger partial charge in [0.2, 0.25) is 0 Å². The summed E-state index contributed by atoms with van der Waals surface area (Å²) in [7, 11) is 0. The van der Waals surface area contributed by atoms with E-state index in [0.717, 1.165) is 31.2 Å². The summed E-state index contributed by atoms with van der Waals surface area (Å²) < 4.78 is 0. The van der Waals surface area contributed by atoms with Crippen molar-refractivity contribution in [2.75, 3.05) is 26.2 Å². The van der Waals surface area contributed by atoms with E-state index in [1.807, 2.05) is 12.1 Å². The Balaban J connectivity index is 1.66. The fourth-order valence-corrected chi connectivity index (χ4v) is 2.96. The SMILES string of the molecule is CC1CN(Cc2cccc(C(=O)N3CCC(O)C3)n2)C1. The summed E-state index contributed by atoms with van der Waals surface area (Å²) >= 11 is 0. The second kappa shape index (κ2) is 5.50. The Morgan fingerprint density at radius 3 is 2.85 bits per heavy atom. The van der Waals surface area contributed by atoms with Gasteiger partial charge in [-0.3, -0.25) is 9.69 Å². The molecule has 1 aromatic heterocycles. The van der Waals surface area contributed by atoms with Crippen molar-refractivity contribution in [2.45, 2.75) is 26.0 Å². The number of aromatic nitrogens is 1. The number of hydrogen-bond acceptors (Lipinski definition) is 4. The Hall–Kier alpha value is -1.46. The van der Waals surface area contributed by atoms with Crippen LogP contribution in [-0.4, -0.2) is 58.1 Å². The average molecular weight is 275 g/mol. The second-order valence-corrected chi connectivity index (χ2v) is 6.01. The second-order valence-electron chi connectivity index (χ2n) is 6.01. The van der Waals surface area contributed by atoms with E-state index in [1.165, 1.54) is 0 Å². The minimum Gasteiger partial charge on any atom is -0.391 e. The van der Waals surface area contributed by atoms with Gasteiger partial charge in [0.05, 0.1) is 11.8 Å². The molecule has 2 aliphatic rings. The van der Waals surface area contributed by atoms with Gasteiger partial charge in [-0.15, -0.1) is 0 Å². The van der Waals surface area contributed by atoms with Gasteiger partial charge in [0, 0.05) is 32.7 Å². The maximum Gasteiger partial charge on any atom is 0.272 e. The van der Waals surface area contributed by atoms with E-state index < -0.39 is 0 Å². The van der Waals surface area contributed by atoms with E-state index in [0.29, 0.717) is 25.2 Å². The molecule has 1 unspecified atom stereocenters. The molecular formula is C15H21N3O2. The highest BCUT2D eigenvalue weighted by atomic mass is 16.3. The third-order valence-electron chi connectivity index (χ3n) is 4.00. The molecule has 2 fully saturated rings. The maximum absolute atomic E-state index is 12.3. The molecule has 0 aliphatic carbocycles. The van der Waals surface area contributed by atoms with Crippen molar-refractivity contribution in [3.63, 3.8) is 0 Å². The molecule has 0 aromatic carbocycles. The number of β-amino-alcohol motifs (C(OH)–C–C–N with tert-alkyl or cyclic N) is 1. The van der Waals surface area contributed by atoms with Gasteiger partial charge in [-0.05, 0) is 24.5 Å². The number of amides is 1. The molecule has 20 heavy (non-hydrogen) atoms. The molecule has 3 rings (SSSR count). The summed E-state index contributed by atoms with van der Waals surface area (Å²) in [5.41, 5.74) is 1.44. The first-order valence-corrected chi connectivity index (χ1v) is 7.27. The number of pyridine rings is 1. The van der Waals surface area contributed by atoms with Crippen LogP contribution >= 0.6 is 0 Å². The van der Waals surface area contributed by atoms with E-state index in [9.17, 15) is 9.90 Å². The van der Waals surface area contributed by atoms with Gasteiger partial charge in [-0.25, -0.2) is 4.98 Å². The summed E-state index contributed by atoms with van der Waals surface area (Å²) in [6.07, 6.45) is 0.279. The fraction of sp³-hybridized carbons (Fsp3) is 0.600. The topological polar surface area (TPSA) is 56.7 Å². The summed E-state index contributed by atoms with van der Waals surface area (Å²) in [4.78, 5) is 20.8. The fourth-order valence-electron chi connectivity index (χ4n) is 2.96. The monoisotopic (exact) mass is 275 g/mol. The Bertz CT molecular complexity index is 500. The van der Waals surface area contributed by atoms with Gasteiger partial charge in [0.1, 0.15) is 5.69 Å². The Morgan fingerprint density at radius 1 is 1.40 bits per heavy atom. The number of likely N-dealkylation sites (tertiary alicyclic amines) is 2. The average Bonchev–Trinajstić information content (AvgIpc) is 2.83. The van der Waals surface area contributed by atoms with E-state index in [-0.39, 0.29) is 12.0 Å². The van der Waals surface area contributed by atoms with Crippen LogP contribution in [0.2, 0.25) is 0 Å². The largest absolute Gasteiger partial charge is 0.391 e. The molecule has 2 aliphatic heterocycles. The molecule has 5 nitrogen and oxygen atoms in total. The predicted octanol–water partition coefficient (Wildman–Crippen LogP) is 0.740. The number of aliphatic hydroxyl groups excluding tert-OH is 1. The maximum atomic E-state index is 12.3. The Morgan fingerprint density at radius 2 is 2.20 bits per heavy atom. The van der Waals surface area contributed by atoms with Gasteiger partial charge < -0.3 is 10.0 Å². The number of hydrogen-bond donors (Lipinski definition) is 1. The van der Waals surface area contributed by atoms with Crippen LogP contribution < -0.4 is 0 Å². The first kappa shape index (κ1) is 13.5. The number of carbonyl (C=O) groups is 1. The summed E-state index contributed by atoms with van der Waals surface area (Å²) in [5, 5.41) is 9.51. The highest BCUT2D eigenvalue weighted by Gasteiger charge is 2.27. The van der Waals surface area contributed by atoms with Crippen LogP contribution in [0, 0.1) is 5.92 Å². The van der Waals surface area contributed by atoms with Crippen LogP contribution in [0.1, 0.15) is 29.5 Å². The van der Waals surface area contributed by atoms with Crippen LogP contribution in [-0.2, 0) is 6.54 Å². The third kappa shape index (κ3) is 2.83. The molecule has 1 aromatic rings. The minimum absolute atomic E-state index is 0.0691. The number of rotatable bonds is 3. The zero-order chi connectivity index (χ0) is 14.1. The third-order valence-corrected chi connectivity index (χ3v) is 4.00. The van der Waals surface area contributed by atoms with E-state index in [4.69, 9.17) is 0 Å². The smallest absolute Gasteiger partial charge is 0.272 e. The molecule has 108 valence electrons. The first-order chi connectivity index (χ1) is 9.61. The van der Waals surface area contributed by atoms with Gasteiger partial charge >= 0.3 is 0 Å².